The number of hydrogen-bond acceptors (Lipinski definition) is 6. The minimum Gasteiger partial charge on any atom is -0.465 e. The number of aromatic amines is 1. The standard InChI is InChI=1S/C18H15N3O4/c1-9-7-13-15(17(22)21-9)14(12(8-19)16(20)25-13)10-3-5-11(6-4-10)18(23)24-2/h3-7,14H,20H2,1-2H3,(H,21,22)/t14-/m1/s1. The molecule has 0 saturated heterocycles. The van der Waals surface area contributed by atoms with Crippen LogP contribution in [0, 0.1) is 18.3 Å². The van der Waals surface area contributed by atoms with Gasteiger partial charge in [0.2, 0.25) is 5.88 Å². The van der Waals surface area contributed by atoms with Crippen molar-refractivity contribution in [2.75, 3.05) is 7.11 Å². The molecule has 3 N–H and O–H groups in total. The third kappa shape index (κ3) is 2.74. The van der Waals surface area contributed by atoms with Crippen LogP contribution in [0.25, 0.3) is 0 Å². The predicted octanol–water partition coefficient (Wildman–Crippen LogP) is 1.69. The predicted molar refractivity (Wildman–Crippen MR) is 88.9 cm³/mol. The molecule has 1 aromatic carbocycles. The highest BCUT2D eigenvalue weighted by Gasteiger charge is 2.33. The Hall–Kier alpha value is -3.53. The van der Waals surface area contributed by atoms with Gasteiger partial charge < -0.3 is 20.2 Å². The van der Waals surface area contributed by atoms with E-state index >= 15 is 0 Å². The molecule has 126 valence electrons. The van der Waals surface area contributed by atoms with Gasteiger partial charge in [-0.05, 0) is 24.6 Å². The molecule has 0 amide bonds. The van der Waals surface area contributed by atoms with E-state index in [-0.39, 0.29) is 17.0 Å². The second-order valence-electron chi connectivity index (χ2n) is 5.60. The summed E-state index contributed by atoms with van der Waals surface area (Å²) >= 11 is 0. The van der Waals surface area contributed by atoms with E-state index in [2.05, 4.69) is 9.72 Å². The number of nitrogens with two attached hydrogens (primary N) is 1. The van der Waals surface area contributed by atoms with Crippen LogP contribution in [0.15, 0.2) is 46.6 Å². The van der Waals surface area contributed by atoms with E-state index in [1.807, 2.05) is 6.07 Å². The molecule has 7 heteroatoms. The van der Waals surface area contributed by atoms with Gasteiger partial charge in [-0.2, -0.15) is 5.26 Å². The summed E-state index contributed by atoms with van der Waals surface area (Å²) in [6.07, 6.45) is 0. The SMILES string of the molecule is COC(=O)c1ccc([C@@H]2C(C#N)=C(N)Oc3cc(C)[nH]c(=O)c32)cc1. The molecule has 0 bridgehead atoms. The van der Waals surface area contributed by atoms with Crippen LogP contribution in [-0.4, -0.2) is 18.1 Å². The minimum atomic E-state index is -0.676. The number of nitriles is 1. The first kappa shape index (κ1) is 16.3. The van der Waals surface area contributed by atoms with Crippen LogP contribution in [0.4, 0.5) is 0 Å². The molecule has 0 radical (unpaired) electrons. The molecule has 1 aliphatic rings. The van der Waals surface area contributed by atoms with Crippen LogP contribution in [0.3, 0.4) is 0 Å². The second kappa shape index (κ2) is 6.17. The molecule has 0 aliphatic carbocycles. The molecular formula is C18H15N3O4. The van der Waals surface area contributed by atoms with Gasteiger partial charge in [0.15, 0.2) is 0 Å². The Morgan fingerprint density at radius 2 is 2.04 bits per heavy atom. The van der Waals surface area contributed by atoms with Crippen molar-refractivity contribution in [1.29, 1.82) is 5.26 Å². The number of nitrogens with zero attached hydrogens (tertiary/aromatic N) is 1. The Morgan fingerprint density at radius 3 is 2.64 bits per heavy atom. The molecule has 0 fully saturated rings. The number of fused-ring (bicyclic) bond motifs is 1. The number of benzene rings is 1. The van der Waals surface area contributed by atoms with Gasteiger partial charge >= 0.3 is 5.97 Å². The maximum atomic E-state index is 12.5. The highest BCUT2D eigenvalue weighted by Crippen LogP contribution is 2.40. The monoisotopic (exact) mass is 337 g/mol. The fourth-order valence-electron chi connectivity index (χ4n) is 2.87. The highest BCUT2D eigenvalue weighted by molar-refractivity contribution is 5.89. The average molecular weight is 337 g/mol. The summed E-state index contributed by atoms with van der Waals surface area (Å²) in [4.78, 5) is 26.8. The quantitative estimate of drug-likeness (QED) is 0.805. The third-order valence-corrected chi connectivity index (χ3v) is 4.02. The zero-order chi connectivity index (χ0) is 18.1. The van der Waals surface area contributed by atoms with Crippen molar-refractivity contribution in [2.45, 2.75) is 12.8 Å². The summed E-state index contributed by atoms with van der Waals surface area (Å²) in [5.41, 5.74) is 7.62. The Labute approximate surface area is 143 Å². The molecule has 7 nitrogen and oxygen atoms in total. The summed E-state index contributed by atoms with van der Waals surface area (Å²) < 4.78 is 10.1. The summed E-state index contributed by atoms with van der Waals surface area (Å²) in [5, 5.41) is 9.49. The number of carbonyl (C=O) groups excluding carboxylic acids is 1. The van der Waals surface area contributed by atoms with Gasteiger partial charge in [-0.1, -0.05) is 12.1 Å². The topological polar surface area (TPSA) is 118 Å². The number of H-pyrrole nitrogens is 1. The maximum Gasteiger partial charge on any atom is 0.337 e. The molecule has 0 unspecified atom stereocenters. The first-order valence-corrected chi connectivity index (χ1v) is 7.46. The fraction of sp³-hybridized carbons (Fsp3) is 0.167. The second-order valence-corrected chi connectivity index (χ2v) is 5.60. The molecule has 1 aliphatic heterocycles. The van der Waals surface area contributed by atoms with E-state index in [9.17, 15) is 14.9 Å². The molecule has 25 heavy (non-hydrogen) atoms. The molecule has 0 spiro atoms. The van der Waals surface area contributed by atoms with Crippen molar-refractivity contribution in [3.05, 3.63) is 74.5 Å². The zero-order valence-corrected chi connectivity index (χ0v) is 13.6. The van der Waals surface area contributed by atoms with Gasteiger partial charge in [0, 0.05) is 11.8 Å². The Kier molecular flexibility index (Phi) is 4.03. The number of ether oxygens (including phenoxy) is 2. The number of carbonyl (C=O) groups is 1. The van der Waals surface area contributed by atoms with Crippen LogP contribution >= 0.6 is 0 Å². The first-order chi connectivity index (χ1) is 12.0. The van der Waals surface area contributed by atoms with Crippen molar-refractivity contribution in [2.24, 2.45) is 5.73 Å². The van der Waals surface area contributed by atoms with E-state index in [1.54, 1.807) is 37.3 Å². The highest BCUT2D eigenvalue weighted by atomic mass is 16.5. The Balaban J connectivity index is 2.19. The maximum absolute atomic E-state index is 12.5. The van der Waals surface area contributed by atoms with Crippen LogP contribution in [0.1, 0.15) is 33.1 Å². The average Bonchev–Trinajstić information content (AvgIpc) is 2.59. The van der Waals surface area contributed by atoms with Crippen molar-refractivity contribution in [3.63, 3.8) is 0 Å². The van der Waals surface area contributed by atoms with E-state index in [1.165, 1.54) is 7.11 Å². The van der Waals surface area contributed by atoms with Crippen molar-refractivity contribution in [1.82, 2.24) is 4.98 Å². The third-order valence-electron chi connectivity index (χ3n) is 4.02. The van der Waals surface area contributed by atoms with E-state index in [4.69, 9.17) is 10.5 Å². The first-order valence-electron chi connectivity index (χ1n) is 7.46. The van der Waals surface area contributed by atoms with E-state index in [0.29, 0.717) is 28.1 Å². The Morgan fingerprint density at radius 1 is 1.36 bits per heavy atom. The van der Waals surface area contributed by atoms with Crippen LogP contribution in [0.2, 0.25) is 0 Å². The number of aryl methyl sites for hydroxylation is 1. The van der Waals surface area contributed by atoms with Crippen molar-refractivity contribution in [3.8, 4) is 11.8 Å². The largest absolute Gasteiger partial charge is 0.465 e. The number of aromatic nitrogens is 1. The van der Waals surface area contributed by atoms with Crippen molar-refractivity contribution < 1.29 is 14.3 Å². The fourth-order valence-corrected chi connectivity index (χ4v) is 2.87. The Bertz CT molecular complexity index is 981. The molecule has 0 saturated carbocycles. The number of allylic oxidation sites excluding steroid dienone is 1. The minimum absolute atomic E-state index is 0.0398. The van der Waals surface area contributed by atoms with Gasteiger partial charge in [0.25, 0.3) is 5.56 Å². The number of rotatable bonds is 2. The number of hydrogen-bond donors (Lipinski definition) is 2. The lowest BCUT2D eigenvalue weighted by atomic mass is 9.84. The zero-order valence-electron chi connectivity index (χ0n) is 13.6. The van der Waals surface area contributed by atoms with Crippen LogP contribution < -0.4 is 16.0 Å². The molecule has 3 rings (SSSR count). The molecule has 1 aromatic heterocycles. The number of methoxy groups -OCH3 is 1. The van der Waals surface area contributed by atoms with Gasteiger partial charge in [0.05, 0.1) is 24.2 Å². The van der Waals surface area contributed by atoms with Gasteiger partial charge in [-0.15, -0.1) is 0 Å². The van der Waals surface area contributed by atoms with Gasteiger partial charge in [-0.3, -0.25) is 4.79 Å². The molecule has 1 atom stereocenters. The summed E-state index contributed by atoms with van der Waals surface area (Å²) in [6, 6.07) is 10.2. The lowest BCUT2D eigenvalue weighted by molar-refractivity contribution is 0.0600. The van der Waals surface area contributed by atoms with E-state index < -0.39 is 11.9 Å². The number of nitrogens with one attached hydrogen (secondary N) is 1. The smallest absolute Gasteiger partial charge is 0.337 e. The molecule has 2 heterocycles. The van der Waals surface area contributed by atoms with Crippen LogP contribution in [0.5, 0.6) is 5.75 Å². The summed E-state index contributed by atoms with van der Waals surface area (Å²) in [6.45, 7) is 1.73. The van der Waals surface area contributed by atoms with Gasteiger partial charge in [-0.25, -0.2) is 4.79 Å². The summed E-state index contributed by atoms with van der Waals surface area (Å²) in [7, 11) is 1.30. The number of pyridine rings is 1. The normalized spacial score (nSPS) is 15.8. The lowest BCUT2D eigenvalue weighted by Gasteiger charge is -2.25. The van der Waals surface area contributed by atoms with E-state index in [0.717, 1.165) is 0 Å². The number of esters is 1. The lowest BCUT2D eigenvalue weighted by Crippen LogP contribution is -2.28. The van der Waals surface area contributed by atoms with Crippen LogP contribution in [-0.2, 0) is 4.74 Å². The molecule has 2 aromatic rings. The van der Waals surface area contributed by atoms with Gasteiger partial charge in [0.1, 0.15) is 17.4 Å². The van der Waals surface area contributed by atoms with Crippen molar-refractivity contribution >= 4 is 5.97 Å². The summed E-state index contributed by atoms with van der Waals surface area (Å²) in [5.74, 6) is -0.866. The molecular weight excluding hydrogens is 322 g/mol.